The molecule has 0 unspecified atom stereocenters. The minimum atomic E-state index is -0.440. The van der Waals surface area contributed by atoms with Crippen LogP contribution in [0, 0.1) is 10.1 Å². The van der Waals surface area contributed by atoms with Gasteiger partial charge in [0.15, 0.2) is 0 Å². The first-order valence-electron chi connectivity index (χ1n) is 10.3. The van der Waals surface area contributed by atoms with Crippen LogP contribution in [0.25, 0.3) is 6.08 Å². The Hall–Kier alpha value is -3.68. The number of nitrogens with one attached hydrogen (secondary N) is 1. The number of amides is 3. The third-order valence-corrected chi connectivity index (χ3v) is 5.57. The molecule has 1 saturated heterocycles. The van der Waals surface area contributed by atoms with Crippen molar-refractivity contribution in [3.8, 4) is 5.75 Å². The van der Waals surface area contributed by atoms with Gasteiger partial charge >= 0.3 is 6.03 Å². The van der Waals surface area contributed by atoms with Crippen molar-refractivity contribution in [1.82, 2.24) is 10.2 Å². The van der Waals surface area contributed by atoms with Crippen LogP contribution in [0.2, 0.25) is 0 Å². The van der Waals surface area contributed by atoms with E-state index in [1.54, 1.807) is 42.5 Å². The zero-order valence-electron chi connectivity index (χ0n) is 17.0. The van der Waals surface area contributed by atoms with E-state index in [4.69, 9.17) is 4.74 Å². The molecule has 1 N–H and O–H groups in total. The normalized spacial score (nSPS) is 18.3. The van der Waals surface area contributed by atoms with Gasteiger partial charge in [0.1, 0.15) is 18.1 Å². The summed E-state index contributed by atoms with van der Waals surface area (Å²) in [7, 11) is 0. The minimum absolute atomic E-state index is 0.0169. The zero-order valence-corrected chi connectivity index (χ0v) is 17.0. The van der Waals surface area contributed by atoms with Crippen molar-refractivity contribution in [2.45, 2.75) is 44.8 Å². The number of nitro benzene ring substituents is 1. The molecule has 4 rings (SSSR count). The summed E-state index contributed by atoms with van der Waals surface area (Å²) in [6, 6.07) is 13.0. The quantitative estimate of drug-likeness (QED) is 0.322. The second-order valence-corrected chi connectivity index (χ2v) is 7.74. The lowest BCUT2D eigenvalue weighted by Gasteiger charge is -2.28. The predicted molar refractivity (Wildman–Crippen MR) is 114 cm³/mol. The van der Waals surface area contributed by atoms with Crippen LogP contribution < -0.4 is 10.1 Å². The fourth-order valence-electron chi connectivity index (χ4n) is 3.97. The van der Waals surface area contributed by atoms with Gasteiger partial charge in [-0.15, -0.1) is 0 Å². The highest BCUT2D eigenvalue weighted by Crippen LogP contribution is 2.27. The molecule has 0 bridgehead atoms. The molecule has 1 saturated carbocycles. The summed E-state index contributed by atoms with van der Waals surface area (Å²) in [6.45, 7) is 0.201. The number of rotatable bonds is 6. The van der Waals surface area contributed by atoms with Crippen LogP contribution >= 0.6 is 0 Å². The maximum absolute atomic E-state index is 12.7. The van der Waals surface area contributed by atoms with Gasteiger partial charge in [-0.3, -0.25) is 19.8 Å². The van der Waals surface area contributed by atoms with Gasteiger partial charge in [0, 0.05) is 18.2 Å². The van der Waals surface area contributed by atoms with Gasteiger partial charge in [0.2, 0.25) is 0 Å². The smallest absolute Gasteiger partial charge is 0.329 e. The summed E-state index contributed by atoms with van der Waals surface area (Å²) in [5.74, 6) is 0.321. The Bertz CT molecular complexity index is 1030. The van der Waals surface area contributed by atoms with Crippen molar-refractivity contribution in [2.24, 2.45) is 0 Å². The molecule has 8 nitrogen and oxygen atoms in total. The fraction of sp³-hybridized carbons (Fsp3) is 0.304. The number of hydrogen-bond donors (Lipinski definition) is 1. The Labute approximate surface area is 179 Å². The third-order valence-electron chi connectivity index (χ3n) is 5.57. The number of ether oxygens (including phenoxy) is 1. The van der Waals surface area contributed by atoms with E-state index in [1.807, 2.05) is 0 Å². The lowest BCUT2D eigenvalue weighted by molar-refractivity contribution is -0.384. The summed E-state index contributed by atoms with van der Waals surface area (Å²) in [5, 5.41) is 13.6. The number of nitro groups is 1. The molecule has 0 spiro atoms. The third kappa shape index (κ3) is 4.74. The predicted octanol–water partition coefficient (Wildman–Crippen LogP) is 4.40. The lowest BCUT2D eigenvalue weighted by Crippen LogP contribution is -2.41. The Balaban J connectivity index is 1.39. The molecule has 0 atom stereocenters. The number of urea groups is 1. The number of benzene rings is 2. The fourth-order valence-corrected chi connectivity index (χ4v) is 3.97. The average Bonchev–Trinajstić information content (AvgIpc) is 3.06. The van der Waals surface area contributed by atoms with E-state index < -0.39 is 4.92 Å². The molecule has 2 aromatic rings. The first kappa shape index (κ1) is 20.6. The molecule has 1 heterocycles. The summed E-state index contributed by atoms with van der Waals surface area (Å²) in [4.78, 5) is 36.8. The number of nitrogens with zero attached hydrogens (tertiary/aromatic N) is 2. The van der Waals surface area contributed by atoms with Crippen LogP contribution in [0.4, 0.5) is 10.5 Å². The molecule has 3 amide bonds. The molecule has 2 aromatic carbocycles. The van der Waals surface area contributed by atoms with Crippen molar-refractivity contribution in [3.63, 3.8) is 0 Å². The first-order valence-corrected chi connectivity index (χ1v) is 10.3. The zero-order chi connectivity index (χ0) is 21.8. The molecule has 8 heteroatoms. The summed E-state index contributed by atoms with van der Waals surface area (Å²) in [5.41, 5.74) is 1.76. The summed E-state index contributed by atoms with van der Waals surface area (Å²) in [6.07, 6.45) is 6.62. The Kier molecular flexibility index (Phi) is 5.97. The number of carbonyl (C=O) groups excluding carboxylic acids is 2. The monoisotopic (exact) mass is 421 g/mol. The highest BCUT2D eigenvalue weighted by Gasteiger charge is 2.38. The number of hydrogen-bond acceptors (Lipinski definition) is 5. The Morgan fingerprint density at radius 3 is 2.55 bits per heavy atom. The van der Waals surface area contributed by atoms with Crippen LogP contribution in [0.3, 0.4) is 0 Å². The highest BCUT2D eigenvalue weighted by atomic mass is 16.6. The van der Waals surface area contributed by atoms with Crippen LogP contribution in [-0.2, 0) is 11.4 Å². The molecule has 31 heavy (non-hydrogen) atoms. The van der Waals surface area contributed by atoms with E-state index in [9.17, 15) is 19.7 Å². The van der Waals surface area contributed by atoms with E-state index in [2.05, 4.69) is 5.32 Å². The van der Waals surface area contributed by atoms with Gasteiger partial charge in [-0.2, -0.15) is 0 Å². The van der Waals surface area contributed by atoms with Gasteiger partial charge in [-0.05, 0) is 42.2 Å². The average molecular weight is 421 g/mol. The van der Waals surface area contributed by atoms with Crippen LogP contribution in [0.1, 0.15) is 43.2 Å². The maximum Gasteiger partial charge on any atom is 0.329 e. The molecule has 0 radical (unpaired) electrons. The van der Waals surface area contributed by atoms with Crippen molar-refractivity contribution < 1.29 is 19.2 Å². The Morgan fingerprint density at radius 1 is 1.10 bits per heavy atom. The highest BCUT2D eigenvalue weighted by molar-refractivity contribution is 6.14. The van der Waals surface area contributed by atoms with Gasteiger partial charge in [0.05, 0.1) is 4.92 Å². The standard InChI is InChI=1S/C23H23N3O5/c27-22-21(24-23(28)25(22)18-6-2-1-3-7-18)14-16-9-11-20(12-10-16)31-15-17-5-4-8-19(13-17)26(29)30/h4-5,8-14,18H,1-3,6-7,15H2,(H,24,28)/b21-14-. The van der Waals surface area contributed by atoms with Gasteiger partial charge in [-0.1, -0.05) is 43.5 Å². The van der Waals surface area contributed by atoms with Crippen LogP contribution in [-0.4, -0.2) is 27.8 Å². The molecule has 1 aliphatic heterocycles. The van der Waals surface area contributed by atoms with Gasteiger partial charge in [0.25, 0.3) is 11.6 Å². The molecular formula is C23H23N3O5. The van der Waals surface area contributed by atoms with E-state index >= 15 is 0 Å². The van der Waals surface area contributed by atoms with Gasteiger partial charge in [-0.25, -0.2) is 4.79 Å². The van der Waals surface area contributed by atoms with Crippen LogP contribution in [0.15, 0.2) is 54.2 Å². The molecule has 2 fully saturated rings. The van der Waals surface area contributed by atoms with Crippen molar-refractivity contribution in [3.05, 3.63) is 75.5 Å². The van der Waals surface area contributed by atoms with Crippen LogP contribution in [0.5, 0.6) is 5.75 Å². The summed E-state index contributed by atoms with van der Waals surface area (Å²) >= 11 is 0. The second-order valence-electron chi connectivity index (χ2n) is 7.74. The molecule has 2 aliphatic rings. The topological polar surface area (TPSA) is 102 Å². The molecule has 1 aliphatic carbocycles. The number of non-ortho nitro benzene ring substituents is 1. The number of imide groups is 1. The van der Waals surface area contributed by atoms with Crippen molar-refractivity contribution in [2.75, 3.05) is 0 Å². The van der Waals surface area contributed by atoms with E-state index in [1.165, 1.54) is 17.0 Å². The SMILES string of the molecule is O=C1N/C(=C\c2ccc(OCc3cccc([N+](=O)[O-])c3)cc2)C(=O)N1C1CCCCC1. The summed E-state index contributed by atoms with van der Waals surface area (Å²) < 4.78 is 5.70. The van der Waals surface area contributed by atoms with Crippen molar-refractivity contribution >= 4 is 23.7 Å². The van der Waals surface area contributed by atoms with Gasteiger partial charge < -0.3 is 10.1 Å². The Morgan fingerprint density at radius 2 is 1.84 bits per heavy atom. The second kappa shape index (κ2) is 8.99. The van der Waals surface area contributed by atoms with Crippen molar-refractivity contribution in [1.29, 1.82) is 0 Å². The van der Waals surface area contributed by atoms with E-state index in [-0.39, 0.29) is 36.0 Å². The molecule has 0 aromatic heterocycles. The van der Waals surface area contributed by atoms with E-state index in [0.717, 1.165) is 37.7 Å². The minimum Gasteiger partial charge on any atom is -0.489 e. The maximum atomic E-state index is 12.7. The number of carbonyl (C=O) groups is 2. The van der Waals surface area contributed by atoms with E-state index in [0.29, 0.717) is 11.3 Å². The molecule has 160 valence electrons. The first-order chi connectivity index (χ1) is 15.0. The molecular weight excluding hydrogens is 398 g/mol. The lowest BCUT2D eigenvalue weighted by atomic mass is 9.94. The largest absolute Gasteiger partial charge is 0.489 e.